The average Bonchev–Trinajstić information content (AvgIpc) is 3.33. The van der Waals surface area contributed by atoms with Crippen molar-refractivity contribution >= 4 is 6.03 Å². The molecule has 1 unspecified atom stereocenters. The Hall–Kier alpha value is -2.72. The number of aromatic nitrogens is 5. The van der Waals surface area contributed by atoms with E-state index in [1.807, 2.05) is 9.80 Å². The van der Waals surface area contributed by atoms with Crippen LogP contribution in [0.1, 0.15) is 36.6 Å². The highest BCUT2D eigenvalue weighted by atomic mass is 19.4. The summed E-state index contributed by atoms with van der Waals surface area (Å²) < 4.78 is 39.5. The number of pyridine rings is 1. The number of alkyl halides is 3. The number of amides is 2. The smallest absolute Gasteiger partial charge is 0.323 e. The number of likely N-dealkylation sites (tertiary alicyclic amines) is 2. The molecule has 1 aliphatic carbocycles. The van der Waals surface area contributed by atoms with Crippen LogP contribution in [0.4, 0.5) is 18.0 Å². The molecule has 5 rings (SSSR count). The van der Waals surface area contributed by atoms with E-state index in [9.17, 15) is 18.0 Å². The lowest BCUT2D eigenvalue weighted by Gasteiger charge is -2.59. The molecule has 2 saturated heterocycles. The maximum absolute atomic E-state index is 12.7. The maximum atomic E-state index is 12.7. The Morgan fingerprint density at radius 1 is 1.20 bits per heavy atom. The first-order valence-electron chi connectivity index (χ1n) is 10.1. The summed E-state index contributed by atoms with van der Waals surface area (Å²) in [6.45, 7) is 2.85. The van der Waals surface area contributed by atoms with Gasteiger partial charge in [-0.3, -0.25) is 4.98 Å². The fourth-order valence-electron chi connectivity index (χ4n) is 5.18. The van der Waals surface area contributed by atoms with Crippen molar-refractivity contribution in [1.29, 1.82) is 0 Å². The summed E-state index contributed by atoms with van der Waals surface area (Å²) in [6, 6.07) is 2.77. The number of hydrogen-bond donors (Lipinski definition) is 0. The van der Waals surface area contributed by atoms with Crippen molar-refractivity contribution in [3.63, 3.8) is 0 Å². The van der Waals surface area contributed by atoms with Crippen LogP contribution in [0.3, 0.4) is 0 Å². The average molecular weight is 421 g/mol. The second-order valence-electron chi connectivity index (χ2n) is 8.84. The van der Waals surface area contributed by atoms with Crippen LogP contribution in [0.5, 0.6) is 0 Å². The van der Waals surface area contributed by atoms with E-state index < -0.39 is 11.9 Å². The van der Waals surface area contributed by atoms with Crippen molar-refractivity contribution in [2.45, 2.75) is 37.9 Å². The zero-order chi connectivity index (χ0) is 20.9. The fraction of sp³-hybridized carbons (Fsp3) is 0.632. The largest absolute Gasteiger partial charge is 0.433 e. The van der Waals surface area contributed by atoms with Crippen molar-refractivity contribution < 1.29 is 18.0 Å². The van der Waals surface area contributed by atoms with Crippen LogP contribution in [0.15, 0.2) is 24.7 Å². The van der Waals surface area contributed by atoms with Gasteiger partial charge in [0.2, 0.25) is 0 Å². The Kier molecular flexibility index (Phi) is 4.44. The highest BCUT2D eigenvalue weighted by Crippen LogP contribution is 2.53. The quantitative estimate of drug-likeness (QED) is 0.761. The molecule has 2 aromatic rings. The first-order valence-corrected chi connectivity index (χ1v) is 10.1. The van der Waals surface area contributed by atoms with Crippen molar-refractivity contribution in [1.82, 2.24) is 35.0 Å². The summed E-state index contributed by atoms with van der Waals surface area (Å²) in [7, 11) is 0. The highest BCUT2D eigenvalue weighted by molar-refractivity contribution is 5.76. The lowest BCUT2D eigenvalue weighted by Crippen LogP contribution is -2.65. The molecule has 3 fully saturated rings. The molecular formula is C19H22F3N7O. The van der Waals surface area contributed by atoms with Gasteiger partial charge in [-0.25, -0.2) is 9.48 Å². The van der Waals surface area contributed by atoms with Gasteiger partial charge in [-0.1, -0.05) is 6.07 Å². The highest BCUT2D eigenvalue weighted by Gasteiger charge is 2.54. The number of urea groups is 1. The van der Waals surface area contributed by atoms with Gasteiger partial charge in [-0.2, -0.15) is 13.2 Å². The van der Waals surface area contributed by atoms with Crippen LogP contribution in [0, 0.1) is 11.3 Å². The maximum Gasteiger partial charge on any atom is 0.433 e. The van der Waals surface area contributed by atoms with Crippen LogP contribution in [0.2, 0.25) is 0 Å². The minimum Gasteiger partial charge on any atom is -0.323 e. The van der Waals surface area contributed by atoms with E-state index in [4.69, 9.17) is 0 Å². The van der Waals surface area contributed by atoms with E-state index in [2.05, 4.69) is 20.5 Å². The van der Waals surface area contributed by atoms with Crippen LogP contribution < -0.4 is 0 Å². The SMILES string of the molecule is O=C(N1CCC(n2cnnn2)C1)N1CC2(CC(Cc3ccc(C(F)(F)F)nc3)C2)C1. The molecule has 0 N–H and O–H groups in total. The van der Waals surface area contributed by atoms with Crippen molar-refractivity contribution in [2.24, 2.45) is 11.3 Å². The molecule has 1 saturated carbocycles. The third-order valence-electron chi connectivity index (χ3n) is 6.58. The number of rotatable bonds is 3. The predicted molar refractivity (Wildman–Crippen MR) is 98.1 cm³/mol. The zero-order valence-corrected chi connectivity index (χ0v) is 16.3. The molecule has 2 aliphatic heterocycles. The molecule has 2 amide bonds. The summed E-state index contributed by atoms with van der Waals surface area (Å²) in [4.78, 5) is 20.1. The lowest BCUT2D eigenvalue weighted by molar-refractivity contribution is -0.141. The van der Waals surface area contributed by atoms with E-state index >= 15 is 0 Å². The van der Waals surface area contributed by atoms with Gasteiger partial charge in [0.25, 0.3) is 0 Å². The first-order chi connectivity index (χ1) is 14.3. The first kappa shape index (κ1) is 19.3. The normalized spacial score (nSPS) is 23.5. The zero-order valence-electron chi connectivity index (χ0n) is 16.3. The summed E-state index contributed by atoms with van der Waals surface area (Å²) in [5, 5.41) is 11.2. The van der Waals surface area contributed by atoms with Gasteiger partial charge in [-0.05, 0) is 53.7 Å². The minimum atomic E-state index is -4.40. The molecule has 8 nitrogen and oxygen atoms in total. The number of carbonyl (C=O) groups excluding carboxylic acids is 1. The molecule has 160 valence electrons. The Balaban J connectivity index is 1.08. The molecule has 4 heterocycles. The van der Waals surface area contributed by atoms with Gasteiger partial charge in [0.15, 0.2) is 0 Å². The molecule has 0 bridgehead atoms. The van der Waals surface area contributed by atoms with Gasteiger partial charge >= 0.3 is 12.2 Å². The number of hydrogen-bond acceptors (Lipinski definition) is 5. The van der Waals surface area contributed by atoms with Crippen molar-refractivity contribution in [3.05, 3.63) is 35.9 Å². The Morgan fingerprint density at radius 3 is 2.63 bits per heavy atom. The monoisotopic (exact) mass is 421 g/mol. The molecule has 30 heavy (non-hydrogen) atoms. The molecule has 0 aromatic carbocycles. The van der Waals surface area contributed by atoms with E-state index in [0.29, 0.717) is 19.0 Å². The van der Waals surface area contributed by atoms with Crippen molar-refractivity contribution in [2.75, 3.05) is 26.2 Å². The predicted octanol–water partition coefficient (Wildman–Crippen LogP) is 2.41. The molecule has 1 atom stereocenters. The van der Waals surface area contributed by atoms with E-state index in [-0.39, 0.29) is 17.5 Å². The third-order valence-corrected chi connectivity index (χ3v) is 6.58. The second kappa shape index (κ2) is 6.92. The Labute approximate surface area is 171 Å². The van der Waals surface area contributed by atoms with E-state index in [0.717, 1.165) is 50.4 Å². The number of carbonyl (C=O) groups is 1. The molecule has 3 aliphatic rings. The van der Waals surface area contributed by atoms with Gasteiger partial charge < -0.3 is 9.80 Å². The van der Waals surface area contributed by atoms with Gasteiger partial charge in [0.1, 0.15) is 12.0 Å². The minimum absolute atomic E-state index is 0.0755. The Bertz CT molecular complexity index is 901. The van der Waals surface area contributed by atoms with Gasteiger partial charge in [0.05, 0.1) is 6.04 Å². The van der Waals surface area contributed by atoms with Crippen LogP contribution >= 0.6 is 0 Å². The van der Waals surface area contributed by atoms with E-state index in [1.165, 1.54) is 12.3 Å². The second-order valence-corrected chi connectivity index (χ2v) is 8.84. The van der Waals surface area contributed by atoms with Crippen LogP contribution in [-0.4, -0.2) is 67.2 Å². The summed E-state index contributed by atoms with van der Waals surface area (Å²) in [6.07, 6.45) is 2.11. The van der Waals surface area contributed by atoms with Gasteiger partial charge in [0, 0.05) is 37.8 Å². The van der Waals surface area contributed by atoms with Crippen molar-refractivity contribution in [3.8, 4) is 0 Å². The van der Waals surface area contributed by atoms with Crippen LogP contribution in [-0.2, 0) is 12.6 Å². The molecule has 2 aromatic heterocycles. The molecular weight excluding hydrogens is 399 g/mol. The topological polar surface area (TPSA) is 80.0 Å². The third kappa shape index (κ3) is 3.50. The Morgan fingerprint density at radius 2 is 2.00 bits per heavy atom. The standard InChI is InChI=1S/C19H22F3N7O/c20-19(21,22)16-2-1-13(8-23-16)5-14-6-18(7-14)10-28(11-18)17(30)27-4-3-15(9-27)29-12-24-25-26-29/h1-2,8,12,14-15H,3-7,9-11H2. The number of halogens is 3. The summed E-state index contributed by atoms with van der Waals surface area (Å²) >= 11 is 0. The lowest BCUT2D eigenvalue weighted by atomic mass is 9.56. The molecule has 1 spiro atoms. The fourth-order valence-corrected chi connectivity index (χ4v) is 5.18. The summed E-state index contributed by atoms with van der Waals surface area (Å²) in [5.41, 5.74) is 0.170. The van der Waals surface area contributed by atoms with Crippen LogP contribution in [0.25, 0.3) is 0 Å². The number of tetrazole rings is 1. The van der Waals surface area contributed by atoms with Gasteiger partial charge in [-0.15, -0.1) is 5.10 Å². The summed E-state index contributed by atoms with van der Waals surface area (Å²) in [5.74, 6) is 0.441. The van der Waals surface area contributed by atoms with E-state index in [1.54, 1.807) is 11.0 Å². The molecule has 0 radical (unpaired) electrons. The molecule has 11 heteroatoms. The number of nitrogens with zero attached hydrogens (tertiary/aromatic N) is 7.